The Morgan fingerprint density at radius 3 is 2.38 bits per heavy atom. The lowest BCUT2D eigenvalue weighted by molar-refractivity contribution is 0.631. The minimum Gasteiger partial charge on any atom is -0.228 e. The number of rotatable bonds is 4. The van der Waals surface area contributed by atoms with Gasteiger partial charge in [-0.2, -0.15) is 0 Å². The molecule has 0 fully saturated rings. The summed E-state index contributed by atoms with van der Waals surface area (Å²) in [5.74, 6) is 1.20. The van der Waals surface area contributed by atoms with Gasteiger partial charge in [0, 0.05) is 16.5 Å². The summed E-state index contributed by atoms with van der Waals surface area (Å²) in [4.78, 5) is 9.33. The zero-order valence-corrected chi connectivity index (χ0v) is 15.1. The van der Waals surface area contributed by atoms with E-state index in [4.69, 9.17) is 0 Å². The number of aromatic nitrogens is 2. The first-order valence-electron chi connectivity index (χ1n) is 8.51. The average Bonchev–Trinajstić information content (AvgIpc) is 2.69. The fourth-order valence-electron chi connectivity index (χ4n) is 2.93. The Morgan fingerprint density at radius 1 is 0.846 bits per heavy atom. The molecule has 4 heteroatoms. The molecule has 128 valence electrons. The Kier molecular flexibility index (Phi) is 4.67. The van der Waals surface area contributed by atoms with Crippen molar-refractivity contribution in [3.63, 3.8) is 0 Å². The van der Waals surface area contributed by atoms with E-state index in [9.17, 15) is 4.39 Å². The number of hydrogen-bond acceptors (Lipinski definition) is 3. The lowest BCUT2D eigenvalue weighted by Gasteiger charge is -2.09. The summed E-state index contributed by atoms with van der Waals surface area (Å²) < 4.78 is 14.7. The normalized spacial score (nSPS) is 11.0. The van der Waals surface area contributed by atoms with Gasteiger partial charge in [-0.3, -0.25) is 0 Å². The summed E-state index contributed by atoms with van der Waals surface area (Å²) in [6.07, 6.45) is 0. The predicted molar refractivity (Wildman–Crippen MR) is 107 cm³/mol. The summed E-state index contributed by atoms with van der Waals surface area (Å²) in [6, 6.07) is 22.7. The molecule has 0 saturated heterocycles. The van der Waals surface area contributed by atoms with Crippen LogP contribution in [-0.4, -0.2) is 15.7 Å². The molecule has 0 aliphatic rings. The fourth-order valence-corrected chi connectivity index (χ4v) is 3.68. The molecule has 0 N–H and O–H groups in total. The van der Waals surface area contributed by atoms with E-state index in [-0.39, 0.29) is 5.82 Å². The van der Waals surface area contributed by atoms with Crippen LogP contribution in [0.5, 0.6) is 0 Å². The number of halogens is 1. The van der Waals surface area contributed by atoms with Crippen molar-refractivity contribution in [2.45, 2.75) is 11.9 Å². The lowest BCUT2D eigenvalue weighted by Crippen LogP contribution is -1.95. The van der Waals surface area contributed by atoms with Gasteiger partial charge >= 0.3 is 0 Å². The number of hydrogen-bond donors (Lipinski definition) is 0. The first-order chi connectivity index (χ1) is 12.8. The molecule has 1 heterocycles. The van der Waals surface area contributed by atoms with Gasteiger partial charge in [0.15, 0.2) is 5.82 Å². The summed E-state index contributed by atoms with van der Waals surface area (Å²) in [6.45, 7) is 2.09. The van der Waals surface area contributed by atoms with Crippen LogP contribution < -0.4 is 0 Å². The molecular formula is C22H17FN2S. The van der Waals surface area contributed by atoms with E-state index in [0.29, 0.717) is 17.0 Å². The summed E-state index contributed by atoms with van der Waals surface area (Å²) in [5.41, 5.74) is 3.00. The highest BCUT2D eigenvalue weighted by Crippen LogP contribution is 2.30. The largest absolute Gasteiger partial charge is 0.228 e. The second-order valence-corrected chi connectivity index (χ2v) is 7.12. The smallest absolute Gasteiger partial charge is 0.161 e. The van der Waals surface area contributed by atoms with Gasteiger partial charge < -0.3 is 0 Å². The molecule has 26 heavy (non-hydrogen) atoms. The summed E-state index contributed by atoms with van der Waals surface area (Å²) >= 11 is 1.67. The predicted octanol–water partition coefficient (Wildman–Crippen LogP) is 6.21. The number of nitrogens with zero attached hydrogens (tertiary/aromatic N) is 2. The van der Waals surface area contributed by atoms with Crippen LogP contribution in [0.25, 0.3) is 33.4 Å². The molecule has 0 unspecified atom stereocenters. The molecule has 0 amide bonds. The van der Waals surface area contributed by atoms with Crippen LogP contribution in [0.4, 0.5) is 4.39 Å². The quantitative estimate of drug-likeness (QED) is 0.319. The average molecular weight is 360 g/mol. The highest BCUT2D eigenvalue weighted by atomic mass is 32.2. The van der Waals surface area contributed by atoms with Gasteiger partial charge in [0.25, 0.3) is 0 Å². The van der Waals surface area contributed by atoms with E-state index < -0.39 is 0 Å². The standard InChI is InChI=1S/C22H17FN2S/c1-2-26-22-18-10-6-7-11-20(18)24-21(25-22)16-12-13-17(19(23)14-16)15-8-4-3-5-9-15/h3-14H,2H2,1H3. The van der Waals surface area contributed by atoms with Gasteiger partial charge in [0.1, 0.15) is 10.8 Å². The maximum absolute atomic E-state index is 14.7. The molecule has 1 aromatic heterocycles. The minimum atomic E-state index is -0.268. The van der Waals surface area contributed by atoms with Crippen molar-refractivity contribution in [2.75, 3.05) is 5.75 Å². The van der Waals surface area contributed by atoms with Crippen LogP contribution in [0.1, 0.15) is 6.92 Å². The van der Waals surface area contributed by atoms with E-state index >= 15 is 0 Å². The van der Waals surface area contributed by atoms with Gasteiger partial charge in [-0.25, -0.2) is 14.4 Å². The maximum Gasteiger partial charge on any atom is 0.161 e. The molecule has 0 saturated carbocycles. The summed E-state index contributed by atoms with van der Waals surface area (Å²) in [7, 11) is 0. The Labute approximate surface area is 156 Å². The number of benzene rings is 3. The van der Waals surface area contributed by atoms with E-state index in [1.165, 1.54) is 6.07 Å². The van der Waals surface area contributed by atoms with Gasteiger partial charge in [-0.1, -0.05) is 67.6 Å². The molecule has 2 nitrogen and oxygen atoms in total. The Balaban J connectivity index is 1.81. The van der Waals surface area contributed by atoms with Crippen LogP contribution in [-0.2, 0) is 0 Å². The van der Waals surface area contributed by atoms with Crippen molar-refractivity contribution in [1.82, 2.24) is 9.97 Å². The third kappa shape index (κ3) is 3.20. The van der Waals surface area contributed by atoms with Crippen LogP contribution in [0.15, 0.2) is 77.8 Å². The second kappa shape index (κ2) is 7.26. The SMILES string of the molecule is CCSc1nc(-c2ccc(-c3ccccc3)c(F)c2)nc2ccccc12. The zero-order chi connectivity index (χ0) is 17.9. The molecule has 0 aliphatic heterocycles. The molecule has 0 bridgehead atoms. The van der Waals surface area contributed by atoms with Crippen LogP contribution in [0.3, 0.4) is 0 Å². The molecule has 0 spiro atoms. The van der Waals surface area contributed by atoms with Crippen LogP contribution in [0, 0.1) is 5.82 Å². The first-order valence-corrected chi connectivity index (χ1v) is 9.49. The van der Waals surface area contributed by atoms with E-state index in [2.05, 4.69) is 16.9 Å². The van der Waals surface area contributed by atoms with Crippen molar-refractivity contribution >= 4 is 22.7 Å². The van der Waals surface area contributed by atoms with Gasteiger partial charge in [0.05, 0.1) is 5.52 Å². The third-order valence-corrected chi connectivity index (χ3v) is 5.03. The molecular weight excluding hydrogens is 343 g/mol. The second-order valence-electron chi connectivity index (χ2n) is 5.86. The van der Waals surface area contributed by atoms with Crippen molar-refractivity contribution in [2.24, 2.45) is 0 Å². The third-order valence-electron chi connectivity index (χ3n) is 4.16. The van der Waals surface area contributed by atoms with Gasteiger partial charge in [0.2, 0.25) is 0 Å². The van der Waals surface area contributed by atoms with Crippen molar-refractivity contribution < 1.29 is 4.39 Å². The minimum absolute atomic E-state index is 0.268. The first kappa shape index (κ1) is 16.7. The van der Waals surface area contributed by atoms with E-state index in [1.54, 1.807) is 17.8 Å². The highest BCUT2D eigenvalue weighted by molar-refractivity contribution is 7.99. The zero-order valence-electron chi connectivity index (χ0n) is 14.3. The Bertz CT molecular complexity index is 1060. The number of fused-ring (bicyclic) bond motifs is 1. The Hall–Kier alpha value is -2.72. The fraction of sp³-hybridized carbons (Fsp3) is 0.0909. The molecule has 3 aromatic carbocycles. The Morgan fingerprint density at radius 2 is 1.62 bits per heavy atom. The molecule has 0 aliphatic carbocycles. The lowest BCUT2D eigenvalue weighted by atomic mass is 10.0. The highest BCUT2D eigenvalue weighted by Gasteiger charge is 2.12. The topological polar surface area (TPSA) is 25.8 Å². The molecule has 4 aromatic rings. The number of para-hydroxylation sites is 1. The van der Waals surface area contributed by atoms with Crippen LogP contribution >= 0.6 is 11.8 Å². The number of thioether (sulfide) groups is 1. The van der Waals surface area contributed by atoms with Crippen molar-refractivity contribution in [3.05, 3.63) is 78.6 Å². The monoisotopic (exact) mass is 360 g/mol. The molecule has 0 atom stereocenters. The van der Waals surface area contributed by atoms with Gasteiger partial charge in [-0.05, 0) is 23.4 Å². The van der Waals surface area contributed by atoms with Crippen LogP contribution in [0.2, 0.25) is 0 Å². The van der Waals surface area contributed by atoms with Crippen molar-refractivity contribution in [1.29, 1.82) is 0 Å². The summed E-state index contributed by atoms with van der Waals surface area (Å²) in [5, 5.41) is 1.96. The van der Waals surface area contributed by atoms with Crippen molar-refractivity contribution in [3.8, 4) is 22.5 Å². The van der Waals surface area contributed by atoms with Gasteiger partial charge in [-0.15, -0.1) is 11.8 Å². The van der Waals surface area contributed by atoms with E-state index in [0.717, 1.165) is 27.2 Å². The van der Waals surface area contributed by atoms with E-state index in [1.807, 2.05) is 60.7 Å². The molecule has 4 rings (SSSR count). The molecule has 0 radical (unpaired) electrons. The maximum atomic E-state index is 14.7.